The quantitative estimate of drug-likeness (QED) is 0.794. The number of hydrogen-bond acceptors (Lipinski definition) is 3. The molecule has 0 saturated heterocycles. The Hall–Kier alpha value is -2.34. The van der Waals surface area contributed by atoms with Crippen molar-refractivity contribution in [3.8, 4) is 0 Å². The Bertz CT molecular complexity index is 743. The summed E-state index contributed by atoms with van der Waals surface area (Å²) in [5.41, 5.74) is 1.86. The van der Waals surface area contributed by atoms with Crippen LogP contribution < -0.4 is 10.6 Å². The molecule has 1 aromatic carbocycles. The molecule has 7 heteroatoms. The lowest BCUT2D eigenvalue weighted by atomic mass is 10.2. The summed E-state index contributed by atoms with van der Waals surface area (Å²) in [6.45, 7) is 6.38. The molecule has 134 valence electrons. The number of aromatic nitrogens is 2. The molecule has 6 nitrogen and oxygen atoms in total. The number of nitrogens with one attached hydrogen (secondary N) is 2. The number of nitrogens with zero attached hydrogens (tertiary/aromatic N) is 2. The summed E-state index contributed by atoms with van der Waals surface area (Å²) >= 11 is 6.36. The Morgan fingerprint density at radius 1 is 1.28 bits per heavy atom. The van der Waals surface area contributed by atoms with E-state index in [4.69, 9.17) is 11.6 Å². The molecule has 1 heterocycles. The normalized spacial score (nSPS) is 11.8. The van der Waals surface area contributed by atoms with Crippen LogP contribution in [0.15, 0.2) is 30.3 Å². The van der Waals surface area contributed by atoms with Gasteiger partial charge in [-0.1, -0.05) is 48.9 Å². The Labute approximate surface area is 152 Å². The Kier molecular flexibility index (Phi) is 6.58. The molecule has 0 aliphatic heterocycles. The third kappa shape index (κ3) is 4.82. The highest BCUT2D eigenvalue weighted by atomic mass is 35.5. The average Bonchev–Trinajstić information content (AvgIpc) is 2.87. The molecule has 0 bridgehead atoms. The minimum absolute atomic E-state index is 0.222. The molecule has 1 aromatic heterocycles. The van der Waals surface area contributed by atoms with Crippen molar-refractivity contribution in [2.75, 3.05) is 6.54 Å². The standard InChI is InChI=1S/C18H23ClN4O2/c1-4-10-20-17(24)13(3)21-18(25)15-12(2)22-23(16(15)19)11-14-8-6-5-7-9-14/h5-9,13H,4,10-11H2,1-3H3,(H,20,24)(H,21,25). The van der Waals surface area contributed by atoms with Crippen LogP contribution in [0.4, 0.5) is 0 Å². The van der Waals surface area contributed by atoms with E-state index in [-0.39, 0.29) is 11.1 Å². The van der Waals surface area contributed by atoms with Gasteiger partial charge < -0.3 is 10.6 Å². The molecule has 0 saturated carbocycles. The zero-order valence-electron chi connectivity index (χ0n) is 14.7. The van der Waals surface area contributed by atoms with Gasteiger partial charge in [0.1, 0.15) is 11.2 Å². The van der Waals surface area contributed by atoms with Crippen molar-refractivity contribution in [1.29, 1.82) is 0 Å². The van der Waals surface area contributed by atoms with Crippen LogP contribution in [-0.4, -0.2) is 34.2 Å². The van der Waals surface area contributed by atoms with Gasteiger partial charge in [0.05, 0.1) is 17.8 Å². The molecule has 0 spiro atoms. The van der Waals surface area contributed by atoms with Crippen molar-refractivity contribution in [3.63, 3.8) is 0 Å². The number of carbonyl (C=O) groups is 2. The number of amides is 2. The first-order valence-corrected chi connectivity index (χ1v) is 8.67. The minimum Gasteiger partial charge on any atom is -0.354 e. The number of benzene rings is 1. The van der Waals surface area contributed by atoms with Crippen LogP contribution in [0, 0.1) is 6.92 Å². The summed E-state index contributed by atoms with van der Waals surface area (Å²) in [6.07, 6.45) is 0.837. The van der Waals surface area contributed by atoms with Gasteiger partial charge >= 0.3 is 0 Å². The number of rotatable bonds is 7. The van der Waals surface area contributed by atoms with E-state index in [2.05, 4.69) is 15.7 Å². The first-order chi connectivity index (χ1) is 11.9. The van der Waals surface area contributed by atoms with E-state index >= 15 is 0 Å². The lowest BCUT2D eigenvalue weighted by molar-refractivity contribution is -0.122. The van der Waals surface area contributed by atoms with Gasteiger partial charge in [0.15, 0.2) is 0 Å². The lowest BCUT2D eigenvalue weighted by Crippen LogP contribution is -2.45. The molecule has 2 amide bonds. The summed E-state index contributed by atoms with van der Waals surface area (Å²) in [4.78, 5) is 24.4. The molecule has 2 aromatic rings. The molecule has 0 aliphatic carbocycles. The van der Waals surface area contributed by atoms with Gasteiger partial charge in [-0.05, 0) is 25.8 Å². The summed E-state index contributed by atoms with van der Waals surface area (Å²) < 4.78 is 1.59. The summed E-state index contributed by atoms with van der Waals surface area (Å²) in [6, 6.07) is 9.09. The average molecular weight is 363 g/mol. The van der Waals surface area contributed by atoms with Crippen LogP contribution in [0.25, 0.3) is 0 Å². The molecule has 1 unspecified atom stereocenters. The van der Waals surface area contributed by atoms with E-state index in [1.165, 1.54) is 0 Å². The van der Waals surface area contributed by atoms with Crippen LogP contribution in [0.1, 0.15) is 41.9 Å². The zero-order valence-corrected chi connectivity index (χ0v) is 15.4. The number of carbonyl (C=O) groups excluding carboxylic acids is 2. The molecule has 0 aliphatic rings. The lowest BCUT2D eigenvalue weighted by Gasteiger charge is -2.13. The van der Waals surface area contributed by atoms with Gasteiger partial charge in [-0.2, -0.15) is 5.10 Å². The van der Waals surface area contributed by atoms with E-state index < -0.39 is 11.9 Å². The van der Waals surface area contributed by atoms with Crippen molar-refractivity contribution in [2.45, 2.75) is 39.8 Å². The largest absolute Gasteiger partial charge is 0.354 e. The van der Waals surface area contributed by atoms with Crippen molar-refractivity contribution >= 4 is 23.4 Å². The van der Waals surface area contributed by atoms with Crippen molar-refractivity contribution < 1.29 is 9.59 Å². The Morgan fingerprint density at radius 2 is 1.96 bits per heavy atom. The van der Waals surface area contributed by atoms with Crippen LogP contribution in [0.2, 0.25) is 5.15 Å². The molecule has 25 heavy (non-hydrogen) atoms. The molecule has 0 radical (unpaired) electrons. The SMILES string of the molecule is CCCNC(=O)C(C)NC(=O)c1c(C)nn(Cc2ccccc2)c1Cl. The monoisotopic (exact) mass is 362 g/mol. The van der Waals surface area contributed by atoms with Crippen LogP contribution in [0.3, 0.4) is 0 Å². The molecule has 1 atom stereocenters. The fourth-order valence-electron chi connectivity index (χ4n) is 2.41. The summed E-state index contributed by atoms with van der Waals surface area (Å²) in [7, 11) is 0. The van der Waals surface area contributed by atoms with E-state index in [1.807, 2.05) is 37.3 Å². The first-order valence-electron chi connectivity index (χ1n) is 8.29. The van der Waals surface area contributed by atoms with Gasteiger partial charge in [0.25, 0.3) is 5.91 Å². The third-order valence-electron chi connectivity index (χ3n) is 3.76. The van der Waals surface area contributed by atoms with Crippen LogP contribution in [-0.2, 0) is 11.3 Å². The fraction of sp³-hybridized carbons (Fsp3) is 0.389. The molecular formula is C18H23ClN4O2. The predicted octanol–water partition coefficient (Wildman–Crippen LogP) is 2.54. The van der Waals surface area contributed by atoms with E-state index in [1.54, 1.807) is 18.5 Å². The maximum Gasteiger partial charge on any atom is 0.256 e. The Morgan fingerprint density at radius 3 is 2.60 bits per heavy atom. The highest BCUT2D eigenvalue weighted by Gasteiger charge is 2.23. The smallest absolute Gasteiger partial charge is 0.256 e. The second kappa shape index (κ2) is 8.67. The maximum atomic E-state index is 12.5. The number of aryl methyl sites for hydroxylation is 1. The van der Waals surface area contributed by atoms with Crippen molar-refractivity contribution in [2.24, 2.45) is 0 Å². The highest BCUT2D eigenvalue weighted by molar-refractivity contribution is 6.33. The van der Waals surface area contributed by atoms with Gasteiger partial charge in [0, 0.05) is 6.54 Å². The summed E-state index contributed by atoms with van der Waals surface area (Å²) in [5.74, 6) is -0.624. The highest BCUT2D eigenvalue weighted by Crippen LogP contribution is 2.21. The second-order valence-electron chi connectivity index (χ2n) is 5.88. The second-order valence-corrected chi connectivity index (χ2v) is 6.24. The van der Waals surface area contributed by atoms with E-state index in [0.717, 1.165) is 12.0 Å². The fourth-order valence-corrected chi connectivity index (χ4v) is 2.73. The van der Waals surface area contributed by atoms with Crippen LogP contribution >= 0.6 is 11.6 Å². The number of hydrogen-bond donors (Lipinski definition) is 2. The van der Waals surface area contributed by atoms with Crippen molar-refractivity contribution in [3.05, 3.63) is 52.3 Å². The van der Waals surface area contributed by atoms with Gasteiger partial charge in [-0.15, -0.1) is 0 Å². The Balaban J connectivity index is 2.11. The maximum absolute atomic E-state index is 12.5. The van der Waals surface area contributed by atoms with Crippen LogP contribution in [0.5, 0.6) is 0 Å². The minimum atomic E-state index is -0.646. The molecule has 0 fully saturated rings. The topological polar surface area (TPSA) is 76.0 Å². The molecule has 2 rings (SSSR count). The molecule has 2 N–H and O–H groups in total. The van der Waals surface area contributed by atoms with Gasteiger partial charge in [0.2, 0.25) is 5.91 Å². The molecular weight excluding hydrogens is 340 g/mol. The third-order valence-corrected chi connectivity index (χ3v) is 4.14. The number of halogens is 1. The first kappa shape index (κ1) is 19.0. The predicted molar refractivity (Wildman–Crippen MR) is 97.7 cm³/mol. The van der Waals surface area contributed by atoms with E-state index in [0.29, 0.717) is 24.3 Å². The van der Waals surface area contributed by atoms with Crippen molar-refractivity contribution in [1.82, 2.24) is 20.4 Å². The summed E-state index contributed by atoms with van der Waals surface area (Å²) in [5, 5.41) is 10.0. The van der Waals surface area contributed by atoms with Gasteiger partial charge in [-0.25, -0.2) is 4.68 Å². The van der Waals surface area contributed by atoms with Gasteiger partial charge in [-0.3, -0.25) is 9.59 Å². The van der Waals surface area contributed by atoms with E-state index in [9.17, 15) is 9.59 Å². The zero-order chi connectivity index (χ0) is 18.4.